The molecule has 7 nitrogen and oxygen atoms in total. The molecule has 1 saturated heterocycles. The minimum Gasteiger partial charge on any atom is -0.395 e. The van der Waals surface area contributed by atoms with Gasteiger partial charge >= 0.3 is 0 Å². The predicted molar refractivity (Wildman–Crippen MR) is 133 cm³/mol. The van der Waals surface area contributed by atoms with Gasteiger partial charge in [-0.2, -0.15) is 5.26 Å². The number of aliphatic hydroxyl groups excluding tert-OH is 1. The Morgan fingerprint density at radius 1 is 1.20 bits per heavy atom. The molecule has 1 aliphatic heterocycles. The van der Waals surface area contributed by atoms with Crippen molar-refractivity contribution in [2.75, 3.05) is 37.7 Å². The minimum absolute atomic E-state index is 0.0254. The van der Waals surface area contributed by atoms with E-state index in [1.54, 1.807) is 49.1 Å². The van der Waals surface area contributed by atoms with E-state index in [2.05, 4.69) is 9.97 Å². The van der Waals surface area contributed by atoms with Crippen molar-refractivity contribution in [2.45, 2.75) is 13.8 Å². The zero-order chi connectivity index (χ0) is 25.2. The molecule has 0 spiro atoms. The number of nitriles is 1. The second-order valence-corrected chi connectivity index (χ2v) is 9.53. The first-order valence-electron chi connectivity index (χ1n) is 11.2. The summed E-state index contributed by atoms with van der Waals surface area (Å²) < 4.78 is 14.4. The van der Waals surface area contributed by atoms with E-state index in [0.29, 0.717) is 53.7 Å². The van der Waals surface area contributed by atoms with Gasteiger partial charge < -0.3 is 14.9 Å². The highest BCUT2D eigenvalue weighted by molar-refractivity contribution is 6.34. The number of piperazine rings is 1. The van der Waals surface area contributed by atoms with Crippen molar-refractivity contribution in [2.24, 2.45) is 5.41 Å². The fourth-order valence-corrected chi connectivity index (χ4v) is 4.34. The fourth-order valence-electron chi connectivity index (χ4n) is 4.07. The van der Waals surface area contributed by atoms with Gasteiger partial charge in [-0.15, -0.1) is 0 Å². The minimum atomic E-state index is -0.663. The molecule has 0 saturated carbocycles. The first kappa shape index (κ1) is 24.6. The van der Waals surface area contributed by atoms with Gasteiger partial charge in [-0.1, -0.05) is 49.7 Å². The average molecular weight is 494 g/mol. The number of benzene rings is 2. The first-order valence-corrected chi connectivity index (χ1v) is 11.6. The Balaban J connectivity index is 1.57. The van der Waals surface area contributed by atoms with Crippen molar-refractivity contribution in [3.63, 3.8) is 0 Å². The van der Waals surface area contributed by atoms with Gasteiger partial charge in [-0.3, -0.25) is 4.79 Å². The van der Waals surface area contributed by atoms with Gasteiger partial charge in [0.15, 0.2) is 0 Å². The van der Waals surface area contributed by atoms with Crippen LogP contribution in [-0.2, 0) is 4.79 Å². The van der Waals surface area contributed by atoms with E-state index in [4.69, 9.17) is 11.6 Å². The number of carbonyl (C=O) groups is 1. The van der Waals surface area contributed by atoms with E-state index in [-0.39, 0.29) is 23.9 Å². The summed E-state index contributed by atoms with van der Waals surface area (Å²) in [4.78, 5) is 25.4. The highest BCUT2D eigenvalue weighted by atomic mass is 35.5. The summed E-state index contributed by atoms with van der Waals surface area (Å²) in [5, 5.41) is 20.1. The van der Waals surface area contributed by atoms with Crippen molar-refractivity contribution >= 4 is 34.2 Å². The summed E-state index contributed by atoms with van der Waals surface area (Å²) in [5.41, 5.74) is 0.953. The van der Waals surface area contributed by atoms with E-state index >= 15 is 0 Å². The molecule has 35 heavy (non-hydrogen) atoms. The number of fused-ring (bicyclic) bond motifs is 1. The number of halogens is 2. The van der Waals surface area contributed by atoms with Gasteiger partial charge in [0.2, 0.25) is 0 Å². The summed E-state index contributed by atoms with van der Waals surface area (Å²) in [6.45, 7) is 5.19. The maximum Gasteiger partial charge on any atom is 0.264 e. The number of rotatable bonds is 5. The molecule has 180 valence electrons. The highest BCUT2D eigenvalue weighted by Crippen LogP contribution is 2.35. The van der Waals surface area contributed by atoms with Gasteiger partial charge in [-0.05, 0) is 18.2 Å². The first-order chi connectivity index (χ1) is 16.7. The van der Waals surface area contributed by atoms with Crippen LogP contribution in [0.2, 0.25) is 5.02 Å². The number of hydrogen-bond acceptors (Lipinski definition) is 6. The number of hydrogen-bond donors (Lipinski definition) is 1. The maximum absolute atomic E-state index is 14.4. The molecule has 9 heteroatoms. The Bertz CT molecular complexity index is 1340. The van der Waals surface area contributed by atoms with Crippen molar-refractivity contribution in [1.29, 1.82) is 5.26 Å². The Kier molecular flexibility index (Phi) is 7.01. The summed E-state index contributed by atoms with van der Waals surface area (Å²) in [5.74, 6) is -0.0303. The van der Waals surface area contributed by atoms with E-state index in [0.717, 1.165) is 5.39 Å². The maximum atomic E-state index is 14.4. The Hall–Kier alpha value is -3.54. The molecule has 3 aromatic rings. The lowest BCUT2D eigenvalue weighted by molar-refractivity contribution is -0.127. The monoisotopic (exact) mass is 493 g/mol. The standard InChI is InChI=1S/C26H25ClFN5O2/c1-26(2,15-34)13-17(14-29)25(35)33-9-7-32(8-10-33)24-20-11-21(27)19(12-23(20)30-16-31-24)18-5-3-4-6-22(18)28/h3-6,11-13,16,34H,7-10,15H2,1-2H3/b17-13+. The van der Waals surface area contributed by atoms with Crippen LogP contribution in [0.4, 0.5) is 10.2 Å². The Labute approximate surface area is 208 Å². The molecule has 2 aromatic carbocycles. The zero-order valence-electron chi connectivity index (χ0n) is 19.5. The summed E-state index contributed by atoms with van der Waals surface area (Å²) in [6, 6.07) is 11.9. The number of nitrogens with zero attached hydrogens (tertiary/aromatic N) is 5. The highest BCUT2D eigenvalue weighted by Gasteiger charge is 2.27. The van der Waals surface area contributed by atoms with Crippen LogP contribution in [0, 0.1) is 22.6 Å². The lowest BCUT2D eigenvalue weighted by atomic mass is 9.91. The van der Waals surface area contributed by atoms with E-state index in [9.17, 15) is 19.6 Å². The van der Waals surface area contributed by atoms with Crippen LogP contribution >= 0.6 is 11.6 Å². The topological polar surface area (TPSA) is 93.4 Å². The molecule has 1 amide bonds. The number of amides is 1. The van der Waals surface area contributed by atoms with Crippen LogP contribution in [-0.4, -0.2) is 58.7 Å². The van der Waals surface area contributed by atoms with Crippen LogP contribution in [0.1, 0.15) is 13.8 Å². The normalized spacial score (nSPS) is 14.8. The molecule has 1 aromatic heterocycles. The second kappa shape index (κ2) is 9.98. The van der Waals surface area contributed by atoms with Crippen LogP contribution in [0.5, 0.6) is 0 Å². The van der Waals surface area contributed by atoms with E-state index in [1.807, 2.05) is 11.0 Å². The molecule has 4 rings (SSSR count). The molecule has 0 aliphatic carbocycles. The van der Waals surface area contributed by atoms with Crippen LogP contribution in [0.3, 0.4) is 0 Å². The molecule has 0 unspecified atom stereocenters. The Morgan fingerprint density at radius 3 is 2.57 bits per heavy atom. The molecular formula is C26H25ClFN5O2. The van der Waals surface area contributed by atoms with E-state index in [1.165, 1.54) is 18.5 Å². The number of anilines is 1. The van der Waals surface area contributed by atoms with Gasteiger partial charge in [0, 0.05) is 53.1 Å². The Morgan fingerprint density at radius 2 is 1.91 bits per heavy atom. The SMILES string of the molecule is CC(C)(/C=C(\C#N)C(=O)N1CCN(c2ncnc3cc(-c4ccccc4F)c(Cl)cc23)CC1)CO. The third-order valence-electron chi connectivity index (χ3n) is 6.03. The summed E-state index contributed by atoms with van der Waals surface area (Å²) in [7, 11) is 0. The van der Waals surface area contributed by atoms with Crippen LogP contribution in [0.15, 0.2) is 54.4 Å². The van der Waals surface area contributed by atoms with Crippen LogP contribution < -0.4 is 4.90 Å². The van der Waals surface area contributed by atoms with E-state index < -0.39 is 5.41 Å². The summed E-state index contributed by atoms with van der Waals surface area (Å²) >= 11 is 6.55. The number of aliphatic hydroxyl groups is 1. The van der Waals surface area contributed by atoms with Gasteiger partial charge in [0.25, 0.3) is 5.91 Å². The molecule has 0 atom stereocenters. The largest absolute Gasteiger partial charge is 0.395 e. The molecule has 1 aliphatic rings. The van der Waals surface area contributed by atoms with Crippen molar-refractivity contribution < 1.29 is 14.3 Å². The average Bonchev–Trinajstić information content (AvgIpc) is 2.87. The van der Waals surface area contributed by atoms with Gasteiger partial charge in [-0.25, -0.2) is 14.4 Å². The van der Waals surface area contributed by atoms with Crippen molar-refractivity contribution in [3.05, 3.63) is 65.2 Å². The predicted octanol–water partition coefficient (Wildman–Crippen LogP) is 4.21. The third-order valence-corrected chi connectivity index (χ3v) is 6.34. The lowest BCUT2D eigenvalue weighted by Gasteiger charge is -2.36. The van der Waals surface area contributed by atoms with Crippen molar-refractivity contribution in [3.8, 4) is 17.2 Å². The fraction of sp³-hybridized carbons (Fsp3) is 0.308. The molecule has 1 N–H and O–H groups in total. The molecule has 0 bridgehead atoms. The second-order valence-electron chi connectivity index (χ2n) is 9.12. The number of aromatic nitrogens is 2. The quantitative estimate of drug-likeness (QED) is 0.423. The smallest absolute Gasteiger partial charge is 0.264 e. The van der Waals surface area contributed by atoms with Gasteiger partial charge in [0.05, 0.1) is 12.1 Å². The summed E-state index contributed by atoms with van der Waals surface area (Å²) in [6.07, 6.45) is 2.98. The molecule has 2 heterocycles. The number of carbonyl (C=O) groups excluding carboxylic acids is 1. The van der Waals surface area contributed by atoms with Gasteiger partial charge in [0.1, 0.15) is 29.6 Å². The van der Waals surface area contributed by atoms with Crippen LogP contribution in [0.25, 0.3) is 22.0 Å². The molecule has 1 fully saturated rings. The molecule has 0 radical (unpaired) electrons. The molecular weight excluding hydrogens is 469 g/mol. The van der Waals surface area contributed by atoms with Crippen molar-refractivity contribution in [1.82, 2.24) is 14.9 Å². The third kappa shape index (κ3) is 5.11. The zero-order valence-corrected chi connectivity index (χ0v) is 20.3. The lowest BCUT2D eigenvalue weighted by Crippen LogP contribution is -2.49.